The fourth-order valence-electron chi connectivity index (χ4n) is 2.49. The van der Waals surface area contributed by atoms with Crippen LogP contribution in [0.3, 0.4) is 0 Å². The normalized spacial score (nSPS) is 10.8. The van der Waals surface area contributed by atoms with Crippen LogP contribution < -0.4 is 4.90 Å². The molecule has 0 bridgehead atoms. The molecule has 0 aliphatic carbocycles. The van der Waals surface area contributed by atoms with E-state index in [0.717, 1.165) is 10.5 Å². The number of ether oxygens (including phenoxy) is 2. The van der Waals surface area contributed by atoms with Crippen molar-refractivity contribution in [1.29, 1.82) is 0 Å². The molecule has 32 heavy (non-hydrogen) atoms. The van der Waals surface area contributed by atoms with E-state index >= 15 is 0 Å². The van der Waals surface area contributed by atoms with E-state index in [-0.39, 0.29) is 19.0 Å². The molecule has 0 atom stereocenters. The predicted molar refractivity (Wildman–Crippen MR) is 110 cm³/mol. The lowest BCUT2D eigenvalue weighted by Gasteiger charge is -2.23. The lowest BCUT2D eigenvalue weighted by atomic mass is 10.2. The van der Waals surface area contributed by atoms with Gasteiger partial charge in [-0.25, -0.2) is 18.9 Å². The average molecular weight is 467 g/mol. The third-order valence-electron chi connectivity index (χ3n) is 3.95. The van der Waals surface area contributed by atoms with E-state index in [1.807, 2.05) is 6.07 Å². The number of rotatable bonds is 11. The van der Waals surface area contributed by atoms with E-state index in [1.54, 1.807) is 36.4 Å². The summed E-state index contributed by atoms with van der Waals surface area (Å²) in [7, 11) is -3.40. The predicted octanol–water partition coefficient (Wildman–Crippen LogP) is 1.42. The fraction of sp³-hybridized carbons (Fsp3) is 0.263. The summed E-state index contributed by atoms with van der Waals surface area (Å²) in [5.41, 5.74) is 1.15. The van der Waals surface area contributed by atoms with E-state index in [2.05, 4.69) is 9.51 Å². The first-order valence-electron chi connectivity index (χ1n) is 9.13. The summed E-state index contributed by atoms with van der Waals surface area (Å²) in [6, 6.07) is 12.1. The van der Waals surface area contributed by atoms with Crippen LogP contribution in [0.2, 0.25) is 0 Å². The molecule has 0 saturated heterocycles. The quantitative estimate of drug-likeness (QED) is 0.214. The van der Waals surface area contributed by atoms with Gasteiger partial charge in [0.15, 0.2) is 0 Å². The second-order valence-corrected chi connectivity index (χ2v) is 7.59. The van der Waals surface area contributed by atoms with E-state index < -0.39 is 33.2 Å². The first-order valence-corrected chi connectivity index (χ1v) is 10.7. The number of benzene rings is 1. The first kappa shape index (κ1) is 25.0. The third kappa shape index (κ3) is 8.44. The lowest BCUT2D eigenvalue weighted by Crippen LogP contribution is -2.37. The molecule has 1 heterocycles. The molecular formula is C19H22N3O9P. The molecule has 2 rings (SSSR count). The van der Waals surface area contributed by atoms with Crippen molar-refractivity contribution in [3.63, 3.8) is 0 Å². The van der Waals surface area contributed by atoms with Crippen LogP contribution in [0, 0.1) is 0 Å². The number of esters is 1. The van der Waals surface area contributed by atoms with Crippen LogP contribution in [0.25, 0.3) is 0 Å². The lowest BCUT2D eigenvalue weighted by molar-refractivity contribution is -0.146. The molecule has 0 aliphatic heterocycles. The zero-order valence-electron chi connectivity index (χ0n) is 17.1. The molecule has 2 amide bonds. The second kappa shape index (κ2) is 11.9. The molecule has 0 saturated carbocycles. The van der Waals surface area contributed by atoms with Gasteiger partial charge in [-0.1, -0.05) is 36.4 Å². The summed E-state index contributed by atoms with van der Waals surface area (Å²) in [5, 5.41) is 0. The zero-order valence-corrected chi connectivity index (χ0v) is 18.0. The Kier molecular flexibility index (Phi) is 9.29. The maximum absolute atomic E-state index is 12.5. The highest BCUT2D eigenvalue weighted by Crippen LogP contribution is 2.35. The molecule has 2 N–H and O–H groups in total. The van der Waals surface area contributed by atoms with Crippen LogP contribution in [-0.2, 0) is 41.3 Å². The summed E-state index contributed by atoms with van der Waals surface area (Å²) < 4.78 is 24.8. The van der Waals surface area contributed by atoms with Gasteiger partial charge >= 0.3 is 19.9 Å². The molecule has 0 radical (unpaired) electrons. The molecular weight excluding hydrogens is 445 g/mol. The number of anilines is 1. The molecule has 0 spiro atoms. The highest BCUT2D eigenvalue weighted by atomic mass is 31.2. The number of nitrogens with zero attached hydrogens (tertiary/aromatic N) is 3. The van der Waals surface area contributed by atoms with Gasteiger partial charge in [-0.05, 0) is 11.6 Å². The van der Waals surface area contributed by atoms with E-state index in [0.29, 0.717) is 12.0 Å². The van der Waals surface area contributed by atoms with Crippen LogP contribution in [-0.4, -0.2) is 58.5 Å². The summed E-state index contributed by atoms with van der Waals surface area (Å²) >= 11 is 0. The van der Waals surface area contributed by atoms with Crippen LogP contribution in [0.1, 0.15) is 11.1 Å². The largest absolute Gasteiger partial charge is 0.472 e. The van der Waals surface area contributed by atoms with Crippen LogP contribution in [0.4, 0.5) is 10.6 Å². The fourth-order valence-corrected chi connectivity index (χ4v) is 2.68. The maximum atomic E-state index is 12.5. The first-order chi connectivity index (χ1) is 15.2. The summed E-state index contributed by atoms with van der Waals surface area (Å²) in [6.07, 6.45) is 0.874. The number of hydrogen-bond acceptors (Lipinski definition) is 8. The van der Waals surface area contributed by atoms with Gasteiger partial charge in [-0.2, -0.15) is 0 Å². The summed E-state index contributed by atoms with van der Waals surface area (Å²) in [5.74, 6) is -0.514. The van der Waals surface area contributed by atoms with E-state index in [4.69, 9.17) is 19.3 Å². The SMILES string of the molecule is CN(C=O)c1ncccc1CN(CC(=O)OCc1ccccc1)C(=O)OCOP(=O)(O)O. The topological polar surface area (TPSA) is 156 Å². The average Bonchev–Trinajstić information content (AvgIpc) is 2.77. The van der Waals surface area contributed by atoms with Gasteiger partial charge in [0, 0.05) is 18.8 Å². The van der Waals surface area contributed by atoms with Crippen LogP contribution in [0.15, 0.2) is 48.7 Å². The number of aromatic nitrogens is 1. The Morgan fingerprint density at radius 1 is 1.12 bits per heavy atom. The van der Waals surface area contributed by atoms with E-state index in [1.165, 1.54) is 18.1 Å². The minimum Gasteiger partial charge on any atom is -0.459 e. The van der Waals surface area contributed by atoms with Crippen molar-refractivity contribution >= 4 is 32.1 Å². The molecule has 1 aromatic heterocycles. The minimum absolute atomic E-state index is 0.0180. The van der Waals surface area contributed by atoms with Gasteiger partial charge in [0.2, 0.25) is 13.2 Å². The summed E-state index contributed by atoms with van der Waals surface area (Å²) in [4.78, 5) is 59.5. The van der Waals surface area contributed by atoms with Crippen molar-refractivity contribution in [3.8, 4) is 0 Å². The van der Waals surface area contributed by atoms with Gasteiger partial charge < -0.3 is 24.2 Å². The van der Waals surface area contributed by atoms with Crippen molar-refractivity contribution in [1.82, 2.24) is 9.88 Å². The molecule has 0 aliphatic rings. The van der Waals surface area contributed by atoms with Crippen molar-refractivity contribution in [3.05, 3.63) is 59.8 Å². The van der Waals surface area contributed by atoms with Crippen LogP contribution >= 0.6 is 7.82 Å². The van der Waals surface area contributed by atoms with Gasteiger partial charge in [0.25, 0.3) is 0 Å². The number of carbonyl (C=O) groups excluding carboxylic acids is 3. The van der Waals surface area contributed by atoms with Gasteiger partial charge in [-0.3, -0.25) is 14.5 Å². The molecule has 13 heteroatoms. The highest BCUT2D eigenvalue weighted by Gasteiger charge is 2.23. The Morgan fingerprint density at radius 3 is 2.50 bits per heavy atom. The van der Waals surface area contributed by atoms with Crippen molar-refractivity contribution < 1.29 is 42.7 Å². The Bertz CT molecular complexity index is 968. The second-order valence-electron chi connectivity index (χ2n) is 6.35. The van der Waals surface area contributed by atoms with Gasteiger partial charge in [0.05, 0.1) is 6.54 Å². The van der Waals surface area contributed by atoms with Gasteiger partial charge in [0.1, 0.15) is 19.0 Å². The number of phosphoric acid groups is 1. The Morgan fingerprint density at radius 2 is 1.84 bits per heavy atom. The monoisotopic (exact) mass is 467 g/mol. The Balaban J connectivity index is 2.12. The molecule has 2 aromatic rings. The van der Waals surface area contributed by atoms with Crippen LogP contribution in [0.5, 0.6) is 0 Å². The molecule has 1 aromatic carbocycles. The molecule has 12 nitrogen and oxygen atoms in total. The van der Waals surface area contributed by atoms with Crippen molar-refractivity contribution in [2.45, 2.75) is 13.2 Å². The number of phosphoric ester groups is 1. The highest BCUT2D eigenvalue weighted by molar-refractivity contribution is 7.46. The van der Waals surface area contributed by atoms with Gasteiger partial charge in [-0.15, -0.1) is 0 Å². The third-order valence-corrected chi connectivity index (χ3v) is 4.39. The number of carbonyl (C=O) groups is 3. The maximum Gasteiger partial charge on any atom is 0.472 e. The molecule has 172 valence electrons. The van der Waals surface area contributed by atoms with Crippen molar-refractivity contribution in [2.75, 3.05) is 25.3 Å². The minimum atomic E-state index is -4.86. The Hall–Kier alpha value is -3.31. The number of amides is 2. The standard InChI is InChI=1S/C19H22N3O9P/c1-21(13-23)18-16(8-5-9-20-18)10-22(19(25)30-14-31-32(26,27)28)11-17(24)29-12-15-6-3-2-4-7-15/h2-9,13H,10-12,14H2,1H3,(H2,26,27,28). The molecule has 0 fully saturated rings. The smallest absolute Gasteiger partial charge is 0.459 e. The number of pyridine rings is 1. The number of hydrogen-bond donors (Lipinski definition) is 2. The molecule has 0 unspecified atom stereocenters. The van der Waals surface area contributed by atoms with Crippen molar-refractivity contribution in [2.24, 2.45) is 0 Å². The zero-order chi connectivity index (χ0) is 23.6. The Labute approximate surface area is 183 Å². The summed E-state index contributed by atoms with van der Waals surface area (Å²) in [6.45, 7) is -1.81. The van der Waals surface area contributed by atoms with E-state index in [9.17, 15) is 18.9 Å².